The highest BCUT2D eigenvalue weighted by atomic mass is 16.2. The Morgan fingerprint density at radius 3 is 1.40 bits per heavy atom. The second-order valence-electron chi connectivity index (χ2n) is 12.5. The molecule has 0 unspecified atom stereocenters. The molecule has 1 aromatic heterocycles. The minimum absolute atomic E-state index is 0.113. The highest BCUT2D eigenvalue weighted by Gasteiger charge is 2.42. The Labute approximate surface area is 241 Å². The van der Waals surface area contributed by atoms with Crippen molar-refractivity contribution in [3.05, 3.63) is 75.8 Å². The molecule has 3 heterocycles. The number of hydrogen-bond acceptors (Lipinski definition) is 9. The molecule has 4 amide bonds. The van der Waals surface area contributed by atoms with Crippen LogP contribution in [0.2, 0.25) is 0 Å². The van der Waals surface area contributed by atoms with Gasteiger partial charge in [0.1, 0.15) is 0 Å². The van der Waals surface area contributed by atoms with E-state index in [1.807, 2.05) is 39.0 Å². The summed E-state index contributed by atoms with van der Waals surface area (Å²) in [4.78, 5) is 69.2. The molecule has 4 aromatic rings. The first kappa shape index (κ1) is 27.0. The standard InChI is InChI=1S/C31H29N7O4/c1-30(2,3)14-7-12-19(31(4,5)6)20(13-14)37-23(39)15-8-10-17-22-18(11-9-16(21(15)22)24(37)40)26(42)38(25(17)41)29-35-27(32)34-28(33)36-29/h7-13H,1-6H3,(H4,32,33,34,35,36). The number of imide groups is 2. The Balaban J connectivity index is 1.55. The zero-order chi connectivity index (χ0) is 30.5. The molecular weight excluding hydrogens is 534 g/mol. The first-order chi connectivity index (χ1) is 19.6. The van der Waals surface area contributed by atoms with Crippen LogP contribution in [0.4, 0.5) is 23.5 Å². The predicted octanol–water partition coefficient (Wildman–Crippen LogP) is 4.39. The van der Waals surface area contributed by atoms with Gasteiger partial charge in [-0.3, -0.25) is 19.2 Å². The van der Waals surface area contributed by atoms with Crippen molar-refractivity contribution < 1.29 is 19.2 Å². The lowest BCUT2D eigenvalue weighted by atomic mass is 9.80. The van der Waals surface area contributed by atoms with E-state index in [4.69, 9.17) is 11.5 Å². The van der Waals surface area contributed by atoms with Crippen LogP contribution >= 0.6 is 0 Å². The maximum atomic E-state index is 14.2. The van der Waals surface area contributed by atoms with Crippen LogP contribution in [0.3, 0.4) is 0 Å². The van der Waals surface area contributed by atoms with Gasteiger partial charge in [-0.1, -0.05) is 53.7 Å². The summed E-state index contributed by atoms with van der Waals surface area (Å²) in [5.74, 6) is -3.37. The van der Waals surface area contributed by atoms with E-state index < -0.39 is 23.6 Å². The third-order valence-electron chi connectivity index (χ3n) is 7.67. The summed E-state index contributed by atoms with van der Waals surface area (Å²) in [5.41, 5.74) is 13.7. The molecular formula is C31H29N7O4. The monoisotopic (exact) mass is 563 g/mol. The van der Waals surface area contributed by atoms with Gasteiger partial charge in [-0.25, -0.2) is 9.80 Å². The number of aromatic nitrogens is 3. The largest absolute Gasteiger partial charge is 0.368 e. The van der Waals surface area contributed by atoms with E-state index in [0.717, 1.165) is 16.0 Å². The Hall–Kier alpha value is -5.19. The van der Waals surface area contributed by atoms with Crippen molar-refractivity contribution in [1.82, 2.24) is 15.0 Å². The van der Waals surface area contributed by atoms with Crippen LogP contribution in [0.5, 0.6) is 0 Å². The van der Waals surface area contributed by atoms with Crippen LogP contribution in [0, 0.1) is 0 Å². The van der Waals surface area contributed by atoms with Crippen molar-refractivity contribution in [3.63, 3.8) is 0 Å². The molecule has 0 saturated heterocycles. The smallest absolute Gasteiger partial charge is 0.268 e. The number of amides is 4. The summed E-state index contributed by atoms with van der Waals surface area (Å²) in [5, 5.41) is 0.489. The van der Waals surface area contributed by atoms with Crippen molar-refractivity contribution in [1.29, 1.82) is 0 Å². The van der Waals surface area contributed by atoms with Crippen LogP contribution in [-0.2, 0) is 10.8 Å². The van der Waals surface area contributed by atoms with Crippen LogP contribution < -0.4 is 21.3 Å². The summed E-state index contributed by atoms with van der Waals surface area (Å²) in [6, 6.07) is 11.9. The molecule has 0 radical (unpaired) electrons. The number of benzene rings is 3. The molecule has 11 heteroatoms. The summed E-state index contributed by atoms with van der Waals surface area (Å²) in [6.07, 6.45) is 0. The molecule has 212 valence electrons. The highest BCUT2D eigenvalue weighted by Crippen LogP contribution is 2.42. The predicted molar refractivity (Wildman–Crippen MR) is 159 cm³/mol. The SMILES string of the molecule is CC(C)(C)c1ccc(C(C)(C)C)c(N2C(=O)c3ccc4c5c(ccc(c35)C2=O)C(=O)N(c2nc(N)nc(N)n2)C4=O)c1. The molecule has 4 N–H and O–H groups in total. The van der Waals surface area contributed by atoms with Gasteiger partial charge in [-0.05, 0) is 52.3 Å². The van der Waals surface area contributed by atoms with Crippen molar-refractivity contribution >= 4 is 57.9 Å². The summed E-state index contributed by atoms with van der Waals surface area (Å²) < 4.78 is 0. The van der Waals surface area contributed by atoms with E-state index in [9.17, 15) is 19.2 Å². The normalized spacial score (nSPS) is 15.2. The fourth-order valence-electron chi connectivity index (χ4n) is 5.59. The van der Waals surface area contributed by atoms with Gasteiger partial charge < -0.3 is 11.5 Å². The zero-order valence-corrected chi connectivity index (χ0v) is 24.1. The second-order valence-corrected chi connectivity index (χ2v) is 12.5. The number of carbonyl (C=O) groups is 4. The Bertz CT molecular complexity index is 1830. The molecule has 0 bridgehead atoms. The first-order valence-corrected chi connectivity index (χ1v) is 13.4. The maximum absolute atomic E-state index is 14.2. The minimum Gasteiger partial charge on any atom is -0.368 e. The van der Waals surface area contributed by atoms with Gasteiger partial charge in [0.15, 0.2) is 0 Å². The second kappa shape index (κ2) is 8.65. The highest BCUT2D eigenvalue weighted by molar-refractivity contribution is 6.42. The topological polar surface area (TPSA) is 165 Å². The van der Waals surface area contributed by atoms with E-state index in [1.54, 1.807) is 0 Å². The minimum atomic E-state index is -0.739. The summed E-state index contributed by atoms with van der Waals surface area (Å²) in [7, 11) is 0. The molecule has 42 heavy (non-hydrogen) atoms. The molecule has 0 aliphatic carbocycles. The third kappa shape index (κ3) is 3.84. The average Bonchev–Trinajstić information content (AvgIpc) is 2.89. The number of nitrogen functional groups attached to an aromatic ring is 2. The van der Waals surface area contributed by atoms with E-state index in [-0.39, 0.29) is 61.7 Å². The van der Waals surface area contributed by atoms with E-state index in [1.165, 1.54) is 29.2 Å². The molecule has 3 aromatic carbocycles. The van der Waals surface area contributed by atoms with Gasteiger partial charge in [0.05, 0.1) is 5.69 Å². The van der Waals surface area contributed by atoms with Gasteiger partial charge in [-0.2, -0.15) is 15.0 Å². The fraction of sp³-hybridized carbons (Fsp3) is 0.258. The van der Waals surface area contributed by atoms with Crippen LogP contribution in [0.15, 0.2) is 42.5 Å². The van der Waals surface area contributed by atoms with E-state index >= 15 is 0 Å². The molecule has 2 aliphatic rings. The van der Waals surface area contributed by atoms with E-state index in [0.29, 0.717) is 5.69 Å². The van der Waals surface area contributed by atoms with Crippen LogP contribution in [0.25, 0.3) is 10.8 Å². The quantitative estimate of drug-likeness (QED) is 0.336. The van der Waals surface area contributed by atoms with Crippen LogP contribution in [0.1, 0.15) is 94.1 Å². The lowest BCUT2D eigenvalue weighted by molar-refractivity contribution is 0.0871. The van der Waals surface area contributed by atoms with Crippen LogP contribution in [-0.4, -0.2) is 38.6 Å². The van der Waals surface area contributed by atoms with Gasteiger partial charge >= 0.3 is 0 Å². The van der Waals surface area contributed by atoms with E-state index in [2.05, 4.69) is 35.7 Å². The molecule has 0 spiro atoms. The molecule has 11 nitrogen and oxygen atoms in total. The number of rotatable bonds is 2. The maximum Gasteiger partial charge on any atom is 0.268 e. The molecule has 2 aliphatic heterocycles. The number of nitrogens with two attached hydrogens (primary N) is 2. The van der Waals surface area contributed by atoms with Crippen molar-refractivity contribution in [3.8, 4) is 0 Å². The van der Waals surface area contributed by atoms with Gasteiger partial charge in [-0.15, -0.1) is 0 Å². The molecule has 6 rings (SSSR count). The average molecular weight is 564 g/mol. The van der Waals surface area contributed by atoms with Gasteiger partial charge in [0, 0.05) is 33.0 Å². The molecule has 0 fully saturated rings. The van der Waals surface area contributed by atoms with Gasteiger partial charge in [0.25, 0.3) is 23.6 Å². The Morgan fingerprint density at radius 1 is 0.571 bits per heavy atom. The zero-order valence-electron chi connectivity index (χ0n) is 24.1. The Kier molecular flexibility index (Phi) is 5.56. The molecule has 0 atom stereocenters. The number of hydrogen-bond donors (Lipinski definition) is 2. The number of nitrogens with zero attached hydrogens (tertiary/aromatic N) is 5. The Morgan fingerprint density at radius 2 is 1.00 bits per heavy atom. The summed E-state index contributed by atoms with van der Waals surface area (Å²) in [6.45, 7) is 12.3. The number of anilines is 4. The fourth-order valence-corrected chi connectivity index (χ4v) is 5.59. The molecule has 0 saturated carbocycles. The summed E-state index contributed by atoms with van der Waals surface area (Å²) >= 11 is 0. The van der Waals surface area contributed by atoms with Crippen molar-refractivity contribution in [2.75, 3.05) is 21.3 Å². The van der Waals surface area contributed by atoms with Crippen molar-refractivity contribution in [2.45, 2.75) is 52.4 Å². The third-order valence-corrected chi connectivity index (χ3v) is 7.67. The lowest BCUT2D eigenvalue weighted by Crippen LogP contribution is -2.44. The lowest BCUT2D eigenvalue weighted by Gasteiger charge is -2.34. The van der Waals surface area contributed by atoms with Crippen molar-refractivity contribution in [2.24, 2.45) is 0 Å². The van der Waals surface area contributed by atoms with Gasteiger partial charge in [0.2, 0.25) is 17.8 Å². The number of carbonyl (C=O) groups excluding carboxylic acids is 4. The first-order valence-electron chi connectivity index (χ1n) is 13.4.